The highest BCUT2D eigenvalue weighted by Gasteiger charge is 2.41. The molecular formula is C20H18O5. The van der Waals surface area contributed by atoms with E-state index >= 15 is 0 Å². The minimum absolute atomic E-state index is 0.0503. The zero-order chi connectivity index (χ0) is 17.8. The van der Waals surface area contributed by atoms with E-state index in [2.05, 4.69) is 6.08 Å². The van der Waals surface area contributed by atoms with Gasteiger partial charge < -0.3 is 14.3 Å². The van der Waals surface area contributed by atoms with E-state index in [1.165, 1.54) is 0 Å². The van der Waals surface area contributed by atoms with Crippen molar-refractivity contribution >= 4 is 23.9 Å². The molecule has 0 bridgehead atoms. The molecule has 25 heavy (non-hydrogen) atoms. The summed E-state index contributed by atoms with van der Waals surface area (Å²) in [6.07, 6.45) is 5.92. The molecule has 0 unspecified atom stereocenters. The second-order valence-electron chi connectivity index (χ2n) is 6.91. The normalized spacial score (nSPS) is 16.8. The Balaban J connectivity index is 1.89. The van der Waals surface area contributed by atoms with Gasteiger partial charge in [-0.2, -0.15) is 0 Å². The predicted molar refractivity (Wildman–Crippen MR) is 91.3 cm³/mol. The largest absolute Gasteiger partial charge is 0.482 e. The van der Waals surface area contributed by atoms with Crippen LogP contribution in [0.2, 0.25) is 0 Å². The second kappa shape index (κ2) is 5.34. The summed E-state index contributed by atoms with van der Waals surface area (Å²) in [5.41, 5.74) is 2.32. The van der Waals surface area contributed by atoms with Gasteiger partial charge in [-0.1, -0.05) is 6.08 Å². The lowest BCUT2D eigenvalue weighted by atomic mass is 9.72. The standard InChI is InChI=1S/C20H18O5/c1-20(2)14-9-11(24-10-16(21)22)7-8-12(14)18(23)17-13-5-3-4-6-15(13)25-19(17)20/h5-9H,3-4,10H2,1-2H3,(H,21,22). The van der Waals surface area contributed by atoms with E-state index in [-0.39, 0.29) is 5.78 Å². The fourth-order valence-electron chi connectivity index (χ4n) is 3.65. The third-order valence-corrected chi connectivity index (χ3v) is 4.88. The zero-order valence-corrected chi connectivity index (χ0v) is 14.1. The maximum absolute atomic E-state index is 13.1. The second-order valence-corrected chi connectivity index (χ2v) is 6.91. The zero-order valence-electron chi connectivity index (χ0n) is 14.1. The summed E-state index contributed by atoms with van der Waals surface area (Å²) in [5, 5.41) is 9.68. The number of hydrogen-bond acceptors (Lipinski definition) is 4. The molecule has 0 radical (unpaired) electrons. The minimum Gasteiger partial charge on any atom is -0.482 e. The summed E-state index contributed by atoms with van der Waals surface area (Å²) < 4.78 is 11.3. The molecule has 1 N–H and O–H groups in total. The Morgan fingerprint density at radius 3 is 2.80 bits per heavy atom. The molecule has 2 aromatic rings. The van der Waals surface area contributed by atoms with Crippen LogP contribution in [-0.4, -0.2) is 23.5 Å². The van der Waals surface area contributed by atoms with E-state index in [0.717, 1.165) is 29.0 Å². The van der Waals surface area contributed by atoms with Crippen LogP contribution in [0.25, 0.3) is 12.2 Å². The number of carboxylic acid groups (broad SMARTS) is 1. The molecule has 1 heterocycles. The third-order valence-electron chi connectivity index (χ3n) is 4.88. The lowest BCUT2D eigenvalue weighted by Gasteiger charge is -2.30. The van der Waals surface area contributed by atoms with Gasteiger partial charge in [-0.05, 0) is 56.5 Å². The van der Waals surface area contributed by atoms with Gasteiger partial charge in [0, 0.05) is 16.2 Å². The van der Waals surface area contributed by atoms with E-state index < -0.39 is 18.0 Å². The van der Waals surface area contributed by atoms with Gasteiger partial charge in [-0.15, -0.1) is 0 Å². The van der Waals surface area contributed by atoms with Gasteiger partial charge in [-0.3, -0.25) is 4.79 Å². The predicted octanol–water partition coefficient (Wildman–Crippen LogP) is 1.97. The Kier molecular flexibility index (Phi) is 3.35. The minimum atomic E-state index is -1.04. The maximum atomic E-state index is 13.1. The monoisotopic (exact) mass is 338 g/mol. The number of ketones is 1. The maximum Gasteiger partial charge on any atom is 0.341 e. The lowest BCUT2D eigenvalue weighted by molar-refractivity contribution is -0.139. The summed E-state index contributed by atoms with van der Waals surface area (Å²) in [6, 6.07) is 5.10. The summed E-state index contributed by atoms with van der Waals surface area (Å²) in [7, 11) is 0. The first kappa shape index (κ1) is 15.7. The van der Waals surface area contributed by atoms with Crippen molar-refractivity contribution in [1.82, 2.24) is 0 Å². The van der Waals surface area contributed by atoms with Crippen LogP contribution < -0.4 is 15.4 Å². The van der Waals surface area contributed by atoms with Gasteiger partial charge in [0.15, 0.2) is 12.4 Å². The van der Waals surface area contributed by atoms with Crippen molar-refractivity contribution in [3.8, 4) is 5.75 Å². The first-order valence-electron chi connectivity index (χ1n) is 8.27. The summed E-state index contributed by atoms with van der Waals surface area (Å²) in [5.74, 6) is 0.00508. The first-order valence-corrected chi connectivity index (χ1v) is 8.27. The van der Waals surface area contributed by atoms with Gasteiger partial charge in [-0.25, -0.2) is 4.79 Å². The van der Waals surface area contributed by atoms with Crippen molar-refractivity contribution in [2.45, 2.75) is 32.1 Å². The molecule has 1 aromatic heterocycles. The highest BCUT2D eigenvalue weighted by Crippen LogP contribution is 2.41. The molecule has 5 nitrogen and oxygen atoms in total. The van der Waals surface area contributed by atoms with Crippen LogP contribution in [0.15, 0.2) is 22.6 Å². The van der Waals surface area contributed by atoms with Crippen LogP contribution in [0, 0.1) is 0 Å². The number of rotatable bonds is 3. The number of carbonyl (C=O) groups excluding carboxylic acids is 1. The number of benzene rings is 1. The Labute approximate surface area is 144 Å². The van der Waals surface area contributed by atoms with E-state index in [9.17, 15) is 9.59 Å². The molecular weight excluding hydrogens is 320 g/mol. The molecule has 2 aliphatic carbocycles. The van der Waals surface area contributed by atoms with Crippen molar-refractivity contribution in [2.24, 2.45) is 0 Å². The Hall–Kier alpha value is -2.82. The van der Waals surface area contributed by atoms with Crippen molar-refractivity contribution in [3.05, 3.63) is 51.3 Å². The number of hydrogen-bond donors (Lipinski definition) is 1. The van der Waals surface area contributed by atoms with Crippen LogP contribution in [0.1, 0.15) is 53.9 Å². The molecule has 5 heteroatoms. The van der Waals surface area contributed by atoms with Crippen molar-refractivity contribution in [3.63, 3.8) is 0 Å². The number of aliphatic carboxylic acids is 1. The molecule has 0 saturated carbocycles. The Morgan fingerprint density at radius 1 is 1.28 bits per heavy atom. The van der Waals surface area contributed by atoms with Crippen LogP contribution in [0.3, 0.4) is 0 Å². The van der Waals surface area contributed by atoms with Gasteiger partial charge in [0.05, 0.1) is 5.56 Å². The SMILES string of the molecule is CC1(C)c2cc(OCC(=O)O)ccc2C(=O)c2c1oc1c2=CCCC=1. The molecule has 1 aromatic carbocycles. The van der Waals surface area contributed by atoms with Crippen LogP contribution in [0.4, 0.5) is 0 Å². The van der Waals surface area contributed by atoms with Gasteiger partial charge >= 0.3 is 5.97 Å². The Bertz CT molecular complexity index is 1020. The number of furan rings is 1. The lowest BCUT2D eigenvalue weighted by Crippen LogP contribution is -2.34. The highest BCUT2D eigenvalue weighted by molar-refractivity contribution is 6.13. The molecule has 0 spiro atoms. The number of carbonyl (C=O) groups is 2. The molecule has 0 aliphatic heterocycles. The van der Waals surface area contributed by atoms with E-state index in [1.807, 2.05) is 19.9 Å². The van der Waals surface area contributed by atoms with Crippen LogP contribution in [0.5, 0.6) is 5.75 Å². The van der Waals surface area contributed by atoms with Crippen molar-refractivity contribution < 1.29 is 23.8 Å². The topological polar surface area (TPSA) is 76.7 Å². The van der Waals surface area contributed by atoms with E-state index in [4.69, 9.17) is 14.3 Å². The fraction of sp³-hybridized carbons (Fsp3) is 0.300. The summed E-state index contributed by atoms with van der Waals surface area (Å²) in [4.78, 5) is 23.8. The van der Waals surface area contributed by atoms with Gasteiger partial charge in [0.1, 0.15) is 16.9 Å². The number of ether oxygens (including phenoxy) is 1. The average Bonchev–Trinajstić information content (AvgIpc) is 2.99. The molecule has 0 atom stereocenters. The summed E-state index contributed by atoms with van der Waals surface area (Å²) in [6.45, 7) is 3.59. The van der Waals surface area contributed by atoms with E-state index in [0.29, 0.717) is 22.6 Å². The highest BCUT2D eigenvalue weighted by atomic mass is 16.5. The molecule has 4 rings (SSSR count). The molecule has 2 aliphatic rings. The number of fused-ring (bicyclic) bond motifs is 4. The first-order chi connectivity index (χ1) is 11.9. The molecule has 0 amide bonds. The smallest absolute Gasteiger partial charge is 0.341 e. The quantitative estimate of drug-likeness (QED) is 0.926. The van der Waals surface area contributed by atoms with Crippen molar-refractivity contribution in [1.29, 1.82) is 0 Å². The molecule has 0 fully saturated rings. The van der Waals surface area contributed by atoms with Gasteiger partial charge in [0.25, 0.3) is 0 Å². The van der Waals surface area contributed by atoms with Gasteiger partial charge in [0.2, 0.25) is 0 Å². The van der Waals surface area contributed by atoms with E-state index in [1.54, 1.807) is 18.2 Å². The third kappa shape index (κ3) is 2.30. The fourth-order valence-corrected chi connectivity index (χ4v) is 3.65. The number of carboxylic acids is 1. The van der Waals surface area contributed by atoms with Crippen LogP contribution in [-0.2, 0) is 10.2 Å². The summed E-state index contributed by atoms with van der Waals surface area (Å²) >= 11 is 0. The molecule has 0 saturated heterocycles. The van der Waals surface area contributed by atoms with Crippen molar-refractivity contribution in [2.75, 3.05) is 6.61 Å². The Morgan fingerprint density at radius 2 is 2.04 bits per heavy atom. The van der Waals surface area contributed by atoms with Crippen LogP contribution >= 0.6 is 0 Å². The average molecular weight is 338 g/mol. The molecule has 128 valence electrons.